The van der Waals surface area contributed by atoms with Crippen molar-refractivity contribution in [1.82, 2.24) is 15.5 Å². The molecule has 1 aliphatic rings. The third-order valence-electron chi connectivity index (χ3n) is 4.42. The minimum absolute atomic E-state index is 0. The van der Waals surface area contributed by atoms with Crippen molar-refractivity contribution in [1.29, 1.82) is 0 Å². The molecule has 9 heteroatoms. The molecule has 28 heavy (non-hydrogen) atoms. The largest absolute Gasteiger partial charge is 0.411 e. The van der Waals surface area contributed by atoms with E-state index in [1.54, 1.807) is 7.05 Å². The fourth-order valence-electron chi connectivity index (χ4n) is 3.03. The van der Waals surface area contributed by atoms with E-state index in [1.165, 1.54) is 5.56 Å². The first kappa shape index (κ1) is 25.0. The van der Waals surface area contributed by atoms with Crippen LogP contribution >= 0.6 is 24.0 Å². The summed E-state index contributed by atoms with van der Waals surface area (Å²) in [4.78, 5) is 6.63. The summed E-state index contributed by atoms with van der Waals surface area (Å²) in [5.74, 6) is 0.687. The summed E-state index contributed by atoms with van der Waals surface area (Å²) >= 11 is 0. The molecule has 0 atom stereocenters. The van der Waals surface area contributed by atoms with Crippen LogP contribution in [0.1, 0.15) is 24.8 Å². The van der Waals surface area contributed by atoms with Crippen molar-refractivity contribution >= 4 is 29.9 Å². The van der Waals surface area contributed by atoms with Gasteiger partial charge in [-0.3, -0.25) is 9.89 Å². The Kier molecular flexibility index (Phi) is 11.8. The number of nitrogens with zero attached hydrogens (tertiary/aromatic N) is 2. The number of halogens is 4. The van der Waals surface area contributed by atoms with Gasteiger partial charge in [0, 0.05) is 45.9 Å². The summed E-state index contributed by atoms with van der Waals surface area (Å²) in [5, 5.41) is 6.53. The Morgan fingerprint density at radius 1 is 1.21 bits per heavy atom. The van der Waals surface area contributed by atoms with Crippen LogP contribution in [-0.4, -0.2) is 63.0 Å². The standard InChI is InChI=1S/C19H29F3N4O.HI/c1-23-18(24-10-5-13-27-15-19(20,21)22)25-17-8-11-26(12-9-17)14-16-6-3-2-4-7-16;/h2-4,6-7,17H,5,8-15H2,1H3,(H2,23,24,25);1H. The lowest BCUT2D eigenvalue weighted by Crippen LogP contribution is -2.48. The molecule has 1 saturated heterocycles. The van der Waals surface area contributed by atoms with E-state index in [2.05, 4.69) is 49.5 Å². The number of rotatable bonds is 8. The molecule has 1 aliphatic heterocycles. The summed E-state index contributed by atoms with van der Waals surface area (Å²) in [6.45, 7) is 2.41. The van der Waals surface area contributed by atoms with E-state index in [1.807, 2.05) is 6.07 Å². The van der Waals surface area contributed by atoms with E-state index in [-0.39, 0.29) is 30.6 Å². The lowest BCUT2D eigenvalue weighted by atomic mass is 10.0. The summed E-state index contributed by atoms with van der Waals surface area (Å²) in [5.41, 5.74) is 1.33. The SMILES string of the molecule is CN=C(NCCCOCC(F)(F)F)NC1CCN(Cc2ccccc2)CC1.I. The van der Waals surface area contributed by atoms with E-state index < -0.39 is 12.8 Å². The molecule has 5 nitrogen and oxygen atoms in total. The summed E-state index contributed by atoms with van der Waals surface area (Å²) < 4.78 is 40.5. The van der Waals surface area contributed by atoms with Gasteiger partial charge in [-0.15, -0.1) is 24.0 Å². The number of aliphatic imine (C=N–C) groups is 1. The highest BCUT2D eigenvalue weighted by molar-refractivity contribution is 14.0. The van der Waals surface area contributed by atoms with Gasteiger partial charge in [0.1, 0.15) is 6.61 Å². The number of hydrogen-bond acceptors (Lipinski definition) is 3. The lowest BCUT2D eigenvalue weighted by molar-refractivity contribution is -0.173. The zero-order valence-electron chi connectivity index (χ0n) is 16.2. The van der Waals surface area contributed by atoms with Crippen LogP contribution in [0.5, 0.6) is 0 Å². The van der Waals surface area contributed by atoms with Crippen molar-refractivity contribution < 1.29 is 17.9 Å². The molecule has 160 valence electrons. The number of likely N-dealkylation sites (tertiary alicyclic amines) is 1. The number of ether oxygens (including phenoxy) is 1. The quantitative estimate of drug-likeness (QED) is 0.242. The van der Waals surface area contributed by atoms with Gasteiger partial charge in [0.25, 0.3) is 0 Å². The number of alkyl halides is 3. The number of benzene rings is 1. The molecule has 0 unspecified atom stereocenters. The van der Waals surface area contributed by atoms with Gasteiger partial charge in [-0.05, 0) is 24.8 Å². The van der Waals surface area contributed by atoms with Crippen LogP contribution in [-0.2, 0) is 11.3 Å². The van der Waals surface area contributed by atoms with E-state index in [9.17, 15) is 13.2 Å². The number of nitrogens with one attached hydrogen (secondary N) is 2. The van der Waals surface area contributed by atoms with Crippen LogP contribution in [0.2, 0.25) is 0 Å². The molecule has 0 radical (unpaired) electrons. The van der Waals surface area contributed by atoms with Crippen LogP contribution in [0.25, 0.3) is 0 Å². The van der Waals surface area contributed by atoms with Crippen molar-refractivity contribution in [2.75, 3.05) is 39.9 Å². The first-order chi connectivity index (χ1) is 13.0. The van der Waals surface area contributed by atoms with Crippen molar-refractivity contribution in [3.63, 3.8) is 0 Å². The van der Waals surface area contributed by atoms with Gasteiger partial charge in [-0.25, -0.2) is 0 Å². The molecule has 1 aromatic carbocycles. The zero-order chi connectivity index (χ0) is 19.5. The third-order valence-corrected chi connectivity index (χ3v) is 4.42. The maximum atomic E-state index is 12.0. The predicted octanol–water partition coefficient (Wildman–Crippen LogP) is 3.40. The minimum Gasteiger partial charge on any atom is -0.372 e. The van der Waals surface area contributed by atoms with Crippen LogP contribution < -0.4 is 10.6 Å². The van der Waals surface area contributed by atoms with Crippen LogP contribution in [0, 0.1) is 0 Å². The van der Waals surface area contributed by atoms with Gasteiger partial charge in [-0.2, -0.15) is 13.2 Å². The second-order valence-electron chi connectivity index (χ2n) is 6.70. The van der Waals surface area contributed by atoms with E-state index >= 15 is 0 Å². The Hall–Kier alpha value is -1.07. The second kappa shape index (κ2) is 13.2. The highest BCUT2D eigenvalue weighted by Gasteiger charge is 2.27. The topological polar surface area (TPSA) is 48.9 Å². The van der Waals surface area contributed by atoms with Crippen molar-refractivity contribution in [3.05, 3.63) is 35.9 Å². The summed E-state index contributed by atoms with van der Waals surface area (Å²) in [6, 6.07) is 10.8. The van der Waals surface area contributed by atoms with Crippen LogP contribution in [0.15, 0.2) is 35.3 Å². The van der Waals surface area contributed by atoms with Crippen molar-refractivity contribution in [2.24, 2.45) is 4.99 Å². The zero-order valence-corrected chi connectivity index (χ0v) is 18.5. The molecule has 0 saturated carbocycles. The first-order valence-corrected chi connectivity index (χ1v) is 9.34. The Labute approximate surface area is 182 Å². The minimum atomic E-state index is -4.26. The van der Waals surface area contributed by atoms with E-state index in [0.29, 0.717) is 25.0 Å². The summed E-state index contributed by atoms with van der Waals surface area (Å²) in [6.07, 6.45) is -1.71. The Morgan fingerprint density at radius 3 is 2.50 bits per heavy atom. The second-order valence-corrected chi connectivity index (χ2v) is 6.70. The lowest BCUT2D eigenvalue weighted by Gasteiger charge is -2.33. The average molecular weight is 514 g/mol. The fourth-order valence-corrected chi connectivity index (χ4v) is 3.03. The predicted molar refractivity (Wildman–Crippen MR) is 116 cm³/mol. The molecule has 0 spiro atoms. The highest BCUT2D eigenvalue weighted by atomic mass is 127. The first-order valence-electron chi connectivity index (χ1n) is 9.34. The molecule has 2 rings (SSSR count). The van der Waals surface area contributed by atoms with Crippen LogP contribution in [0.4, 0.5) is 13.2 Å². The molecule has 0 aromatic heterocycles. The van der Waals surface area contributed by atoms with Gasteiger partial charge in [-0.1, -0.05) is 30.3 Å². The molecule has 2 N–H and O–H groups in total. The molecule has 1 fully saturated rings. The third kappa shape index (κ3) is 10.5. The van der Waals surface area contributed by atoms with E-state index in [0.717, 1.165) is 32.5 Å². The molecule has 0 bridgehead atoms. The average Bonchev–Trinajstić information content (AvgIpc) is 2.65. The number of hydrogen-bond donors (Lipinski definition) is 2. The molecular weight excluding hydrogens is 484 g/mol. The van der Waals surface area contributed by atoms with Crippen molar-refractivity contribution in [2.45, 2.75) is 38.0 Å². The molecule has 0 amide bonds. The van der Waals surface area contributed by atoms with Gasteiger partial charge < -0.3 is 15.4 Å². The van der Waals surface area contributed by atoms with Gasteiger partial charge in [0.2, 0.25) is 0 Å². The fraction of sp³-hybridized carbons (Fsp3) is 0.632. The molecular formula is C19H30F3IN4O. The smallest absolute Gasteiger partial charge is 0.372 e. The van der Waals surface area contributed by atoms with E-state index in [4.69, 9.17) is 0 Å². The molecule has 1 aromatic rings. The van der Waals surface area contributed by atoms with Crippen LogP contribution in [0.3, 0.4) is 0 Å². The maximum absolute atomic E-state index is 12.0. The van der Waals surface area contributed by atoms with Gasteiger partial charge >= 0.3 is 6.18 Å². The van der Waals surface area contributed by atoms with Gasteiger partial charge in [0.15, 0.2) is 5.96 Å². The monoisotopic (exact) mass is 514 g/mol. The van der Waals surface area contributed by atoms with Gasteiger partial charge in [0.05, 0.1) is 0 Å². The molecule has 0 aliphatic carbocycles. The Bertz CT molecular complexity index is 564. The number of piperidine rings is 1. The highest BCUT2D eigenvalue weighted by Crippen LogP contribution is 2.15. The normalized spacial score (nSPS) is 16.5. The number of guanidine groups is 1. The maximum Gasteiger partial charge on any atom is 0.411 e. The Morgan fingerprint density at radius 2 is 1.89 bits per heavy atom. The molecule has 1 heterocycles. The Balaban J connectivity index is 0.00000392. The van der Waals surface area contributed by atoms with Crippen molar-refractivity contribution in [3.8, 4) is 0 Å². The summed E-state index contributed by atoms with van der Waals surface area (Å²) in [7, 11) is 1.69.